The average Bonchev–Trinajstić information content (AvgIpc) is 3.11. The Morgan fingerprint density at radius 3 is 2.83 bits per heavy atom. The molecule has 3 heteroatoms. The summed E-state index contributed by atoms with van der Waals surface area (Å²) in [7, 11) is 0. The molecular formula is C15H22BrNO. The Morgan fingerprint density at radius 2 is 2.22 bits per heavy atom. The summed E-state index contributed by atoms with van der Waals surface area (Å²) in [5, 5.41) is 3.54. The summed E-state index contributed by atoms with van der Waals surface area (Å²) in [6.45, 7) is 6.34. The first-order valence-corrected chi connectivity index (χ1v) is 7.57. The second kappa shape index (κ2) is 6.07. The molecule has 2 nitrogen and oxygen atoms in total. The Balaban J connectivity index is 1.78. The van der Waals surface area contributed by atoms with E-state index in [9.17, 15) is 0 Å². The Bertz CT molecular complexity index is 390. The molecule has 1 fully saturated rings. The molecule has 1 aromatic rings. The van der Waals surface area contributed by atoms with Crippen molar-refractivity contribution in [1.82, 2.24) is 5.32 Å². The largest absolute Gasteiger partial charge is 0.494 e. The summed E-state index contributed by atoms with van der Waals surface area (Å²) in [6.07, 6.45) is 3.82. The van der Waals surface area contributed by atoms with E-state index in [-0.39, 0.29) is 0 Å². The fourth-order valence-electron chi connectivity index (χ4n) is 2.51. The van der Waals surface area contributed by atoms with Gasteiger partial charge in [0.2, 0.25) is 0 Å². The summed E-state index contributed by atoms with van der Waals surface area (Å²) in [4.78, 5) is 0. The van der Waals surface area contributed by atoms with E-state index < -0.39 is 0 Å². The maximum absolute atomic E-state index is 5.83. The van der Waals surface area contributed by atoms with E-state index in [1.807, 2.05) is 24.3 Å². The third kappa shape index (κ3) is 3.48. The lowest BCUT2D eigenvalue weighted by Crippen LogP contribution is -2.35. The van der Waals surface area contributed by atoms with Crippen LogP contribution in [0.1, 0.15) is 33.1 Å². The molecule has 1 N–H and O–H groups in total. The van der Waals surface area contributed by atoms with Crippen LogP contribution in [-0.2, 0) is 0 Å². The van der Waals surface area contributed by atoms with Gasteiger partial charge < -0.3 is 10.1 Å². The first kappa shape index (κ1) is 13.9. The van der Waals surface area contributed by atoms with Gasteiger partial charge >= 0.3 is 0 Å². The van der Waals surface area contributed by atoms with Gasteiger partial charge in [-0.3, -0.25) is 0 Å². The quantitative estimate of drug-likeness (QED) is 0.822. The third-order valence-corrected chi connectivity index (χ3v) is 4.48. The minimum absolute atomic E-state index is 0.488. The van der Waals surface area contributed by atoms with Crippen LogP contribution in [0.5, 0.6) is 5.75 Å². The lowest BCUT2D eigenvalue weighted by Gasteiger charge is -2.24. The van der Waals surface area contributed by atoms with Gasteiger partial charge in [0.1, 0.15) is 5.75 Å². The van der Waals surface area contributed by atoms with E-state index in [4.69, 9.17) is 4.74 Å². The van der Waals surface area contributed by atoms with E-state index in [2.05, 4.69) is 35.1 Å². The monoisotopic (exact) mass is 311 g/mol. The maximum Gasteiger partial charge on any atom is 0.120 e. The van der Waals surface area contributed by atoms with Crippen molar-refractivity contribution in [3.8, 4) is 5.75 Å². The van der Waals surface area contributed by atoms with Gasteiger partial charge in [-0.25, -0.2) is 0 Å². The zero-order valence-corrected chi connectivity index (χ0v) is 12.8. The Hall–Kier alpha value is -0.540. The van der Waals surface area contributed by atoms with Crippen molar-refractivity contribution in [2.45, 2.75) is 39.2 Å². The summed E-state index contributed by atoms with van der Waals surface area (Å²) < 4.78 is 6.90. The zero-order chi connectivity index (χ0) is 13.0. The van der Waals surface area contributed by atoms with Gasteiger partial charge in [-0.2, -0.15) is 0 Å². The number of benzene rings is 1. The fourth-order valence-corrected chi connectivity index (χ4v) is 2.89. The van der Waals surface area contributed by atoms with Crippen molar-refractivity contribution in [3.05, 3.63) is 28.7 Å². The predicted molar refractivity (Wildman–Crippen MR) is 79.1 cm³/mol. The van der Waals surface area contributed by atoms with Crippen LogP contribution < -0.4 is 10.1 Å². The number of hydrogen-bond acceptors (Lipinski definition) is 2. The first-order chi connectivity index (χ1) is 8.66. The maximum atomic E-state index is 5.83. The van der Waals surface area contributed by atoms with Crippen molar-refractivity contribution in [3.63, 3.8) is 0 Å². The minimum atomic E-state index is 0.488. The fraction of sp³-hybridized carbons (Fsp3) is 0.600. The number of rotatable bonds is 7. The SMILES string of the molecule is CCNC(C)C1(CCOc2cccc(Br)c2)CC1. The van der Waals surface area contributed by atoms with Crippen molar-refractivity contribution in [2.75, 3.05) is 13.2 Å². The molecule has 1 atom stereocenters. The smallest absolute Gasteiger partial charge is 0.120 e. The van der Waals surface area contributed by atoms with Gasteiger partial charge in [-0.1, -0.05) is 28.9 Å². The van der Waals surface area contributed by atoms with Gasteiger partial charge in [0.05, 0.1) is 6.61 Å². The van der Waals surface area contributed by atoms with Crippen molar-refractivity contribution in [2.24, 2.45) is 5.41 Å². The van der Waals surface area contributed by atoms with Crippen LogP contribution in [0.25, 0.3) is 0 Å². The molecule has 0 saturated heterocycles. The van der Waals surface area contributed by atoms with Crippen LogP contribution in [0.4, 0.5) is 0 Å². The lowest BCUT2D eigenvalue weighted by molar-refractivity contribution is 0.239. The predicted octanol–water partition coefficient (Wildman–Crippen LogP) is 4.00. The molecule has 2 rings (SSSR count). The number of ether oxygens (including phenoxy) is 1. The van der Waals surface area contributed by atoms with Crippen LogP contribution in [0.3, 0.4) is 0 Å². The van der Waals surface area contributed by atoms with Crippen LogP contribution in [0.15, 0.2) is 28.7 Å². The molecule has 0 aliphatic heterocycles. The van der Waals surface area contributed by atoms with Crippen molar-refractivity contribution < 1.29 is 4.74 Å². The normalized spacial score (nSPS) is 18.4. The lowest BCUT2D eigenvalue weighted by atomic mass is 9.94. The minimum Gasteiger partial charge on any atom is -0.494 e. The van der Waals surface area contributed by atoms with Crippen LogP contribution in [-0.4, -0.2) is 19.2 Å². The summed E-state index contributed by atoms with van der Waals surface area (Å²) in [6, 6.07) is 8.66. The molecule has 1 aliphatic rings. The molecule has 1 saturated carbocycles. The van der Waals surface area contributed by atoms with E-state index in [0.29, 0.717) is 11.5 Å². The van der Waals surface area contributed by atoms with Gasteiger partial charge in [0.15, 0.2) is 0 Å². The molecule has 18 heavy (non-hydrogen) atoms. The molecule has 0 aromatic heterocycles. The van der Waals surface area contributed by atoms with Crippen molar-refractivity contribution >= 4 is 15.9 Å². The molecule has 100 valence electrons. The topological polar surface area (TPSA) is 21.3 Å². The Kier molecular flexibility index (Phi) is 4.68. The van der Waals surface area contributed by atoms with Gasteiger partial charge in [-0.15, -0.1) is 0 Å². The molecule has 0 spiro atoms. The summed E-state index contributed by atoms with van der Waals surface area (Å²) >= 11 is 3.46. The highest BCUT2D eigenvalue weighted by molar-refractivity contribution is 9.10. The highest BCUT2D eigenvalue weighted by atomic mass is 79.9. The van der Waals surface area contributed by atoms with E-state index in [1.54, 1.807) is 0 Å². The second-order valence-corrected chi connectivity index (χ2v) is 6.11. The zero-order valence-electron chi connectivity index (χ0n) is 11.2. The molecule has 0 bridgehead atoms. The van der Waals surface area contributed by atoms with Gasteiger partial charge in [0, 0.05) is 10.5 Å². The molecule has 1 aliphatic carbocycles. The standard InChI is InChI=1S/C15H22BrNO/c1-3-17-12(2)15(7-8-15)9-10-18-14-6-4-5-13(16)11-14/h4-6,11-12,17H,3,7-10H2,1-2H3. The van der Waals surface area contributed by atoms with Crippen molar-refractivity contribution in [1.29, 1.82) is 0 Å². The summed E-state index contributed by atoms with van der Waals surface area (Å²) in [5.41, 5.74) is 0.488. The molecule has 0 radical (unpaired) electrons. The first-order valence-electron chi connectivity index (χ1n) is 6.78. The van der Waals surface area contributed by atoms with E-state index >= 15 is 0 Å². The number of nitrogens with one attached hydrogen (secondary N) is 1. The van der Waals surface area contributed by atoms with Crippen LogP contribution in [0, 0.1) is 5.41 Å². The number of hydrogen-bond donors (Lipinski definition) is 1. The second-order valence-electron chi connectivity index (χ2n) is 5.20. The van der Waals surface area contributed by atoms with E-state index in [1.165, 1.54) is 12.8 Å². The Labute approximate surface area is 118 Å². The van der Waals surface area contributed by atoms with E-state index in [0.717, 1.165) is 29.8 Å². The molecule has 0 amide bonds. The summed E-state index contributed by atoms with van der Waals surface area (Å²) in [5.74, 6) is 0.955. The average molecular weight is 312 g/mol. The molecule has 0 heterocycles. The van der Waals surface area contributed by atoms with Gasteiger partial charge in [-0.05, 0) is 56.3 Å². The highest BCUT2D eigenvalue weighted by Gasteiger charge is 2.46. The molecule has 1 unspecified atom stereocenters. The molecule has 1 aromatic carbocycles. The van der Waals surface area contributed by atoms with Crippen LogP contribution in [0.2, 0.25) is 0 Å². The number of halogens is 1. The van der Waals surface area contributed by atoms with Gasteiger partial charge in [0.25, 0.3) is 0 Å². The highest BCUT2D eigenvalue weighted by Crippen LogP contribution is 2.51. The van der Waals surface area contributed by atoms with Crippen LogP contribution >= 0.6 is 15.9 Å². The Morgan fingerprint density at radius 1 is 1.44 bits per heavy atom. The third-order valence-electron chi connectivity index (χ3n) is 3.99. The molecular weight excluding hydrogens is 290 g/mol.